The maximum atomic E-state index is 4.63. The first kappa shape index (κ1) is 10.8. The van der Waals surface area contributed by atoms with Crippen LogP contribution < -0.4 is 0 Å². The molecule has 0 aromatic carbocycles. The van der Waals surface area contributed by atoms with Gasteiger partial charge in [-0.3, -0.25) is 0 Å². The fourth-order valence-corrected chi connectivity index (χ4v) is 2.88. The van der Waals surface area contributed by atoms with E-state index in [-0.39, 0.29) is 5.41 Å². The highest BCUT2D eigenvalue weighted by molar-refractivity contribution is 7.14. The van der Waals surface area contributed by atoms with Gasteiger partial charge in [0.25, 0.3) is 0 Å². The molecule has 0 N–H and O–H groups in total. The highest BCUT2D eigenvalue weighted by Crippen LogP contribution is 2.30. The van der Waals surface area contributed by atoms with Crippen molar-refractivity contribution in [2.75, 3.05) is 0 Å². The molecule has 0 atom stereocenters. The molecule has 0 bridgehead atoms. The average Bonchev–Trinajstić information content (AvgIpc) is 2.69. The second-order valence-electron chi connectivity index (χ2n) is 4.54. The van der Waals surface area contributed by atoms with Gasteiger partial charge in [-0.05, 0) is 6.92 Å². The third-order valence-electron chi connectivity index (χ3n) is 2.11. The molecule has 0 aliphatic carbocycles. The lowest BCUT2D eigenvalue weighted by Gasteiger charge is -2.13. The molecule has 2 rings (SSSR count). The Morgan fingerprint density at radius 2 is 1.80 bits per heavy atom. The molecule has 2 aromatic heterocycles. The maximum absolute atomic E-state index is 4.63. The summed E-state index contributed by atoms with van der Waals surface area (Å²) in [6, 6.07) is 0. The fourth-order valence-electron chi connectivity index (χ4n) is 1.20. The van der Waals surface area contributed by atoms with E-state index in [2.05, 4.69) is 41.5 Å². The Kier molecular flexibility index (Phi) is 2.64. The number of hydrogen-bond acceptors (Lipinski definition) is 4. The van der Waals surface area contributed by atoms with E-state index >= 15 is 0 Å². The SMILES string of the molecule is Cc1nc(-c2nc(C(C)(C)C)cs2)cs1. The minimum atomic E-state index is 0.125. The summed E-state index contributed by atoms with van der Waals surface area (Å²) in [6.07, 6.45) is 0. The van der Waals surface area contributed by atoms with Gasteiger partial charge in [0.2, 0.25) is 0 Å². The first-order chi connectivity index (χ1) is 6.97. The largest absolute Gasteiger partial charge is 0.239 e. The number of thiazole rings is 2. The summed E-state index contributed by atoms with van der Waals surface area (Å²) in [6.45, 7) is 8.56. The molecule has 0 aliphatic rings. The van der Waals surface area contributed by atoms with E-state index in [4.69, 9.17) is 0 Å². The van der Waals surface area contributed by atoms with E-state index in [9.17, 15) is 0 Å². The third kappa shape index (κ3) is 2.26. The Bertz CT molecular complexity index is 463. The van der Waals surface area contributed by atoms with Crippen LogP contribution in [0.4, 0.5) is 0 Å². The molecule has 0 saturated carbocycles. The van der Waals surface area contributed by atoms with Crippen molar-refractivity contribution in [3.8, 4) is 10.7 Å². The summed E-state index contributed by atoms with van der Waals surface area (Å²) in [5.74, 6) is 0. The summed E-state index contributed by atoms with van der Waals surface area (Å²) < 4.78 is 0. The monoisotopic (exact) mass is 238 g/mol. The normalized spacial score (nSPS) is 12.0. The topological polar surface area (TPSA) is 25.8 Å². The number of aryl methyl sites for hydroxylation is 1. The van der Waals surface area contributed by atoms with Gasteiger partial charge >= 0.3 is 0 Å². The van der Waals surface area contributed by atoms with Gasteiger partial charge < -0.3 is 0 Å². The van der Waals surface area contributed by atoms with Gasteiger partial charge in [-0.1, -0.05) is 20.8 Å². The van der Waals surface area contributed by atoms with Crippen LogP contribution >= 0.6 is 22.7 Å². The van der Waals surface area contributed by atoms with Crippen LogP contribution in [0.2, 0.25) is 0 Å². The fraction of sp³-hybridized carbons (Fsp3) is 0.455. The summed E-state index contributed by atoms with van der Waals surface area (Å²) in [7, 11) is 0. The van der Waals surface area contributed by atoms with Gasteiger partial charge in [0.05, 0.1) is 10.7 Å². The van der Waals surface area contributed by atoms with Crippen molar-refractivity contribution in [3.05, 3.63) is 21.5 Å². The predicted octanol–water partition coefficient (Wildman–Crippen LogP) is 3.87. The molecular formula is C11H14N2S2. The molecule has 0 radical (unpaired) electrons. The summed E-state index contributed by atoms with van der Waals surface area (Å²) in [4.78, 5) is 9.07. The second-order valence-corrected chi connectivity index (χ2v) is 6.46. The van der Waals surface area contributed by atoms with Crippen LogP contribution in [0.5, 0.6) is 0 Å². The van der Waals surface area contributed by atoms with Crippen LogP contribution in [0.3, 0.4) is 0 Å². The maximum Gasteiger partial charge on any atom is 0.143 e. The van der Waals surface area contributed by atoms with Gasteiger partial charge in [0.15, 0.2) is 0 Å². The number of nitrogens with zero attached hydrogens (tertiary/aromatic N) is 2. The molecule has 2 nitrogen and oxygen atoms in total. The summed E-state index contributed by atoms with van der Waals surface area (Å²) >= 11 is 3.35. The van der Waals surface area contributed by atoms with E-state index in [0.717, 1.165) is 21.4 Å². The molecule has 0 spiro atoms. The zero-order chi connectivity index (χ0) is 11.1. The van der Waals surface area contributed by atoms with E-state index in [1.807, 2.05) is 6.92 Å². The number of rotatable bonds is 1. The zero-order valence-electron chi connectivity index (χ0n) is 9.37. The standard InChI is InChI=1S/C11H14N2S2/c1-7-12-8(5-14-7)10-13-9(6-15-10)11(2,3)4/h5-6H,1-4H3. The van der Waals surface area contributed by atoms with Crippen molar-refractivity contribution in [2.24, 2.45) is 0 Å². The van der Waals surface area contributed by atoms with Crippen molar-refractivity contribution in [2.45, 2.75) is 33.1 Å². The van der Waals surface area contributed by atoms with Crippen molar-refractivity contribution in [1.29, 1.82) is 0 Å². The first-order valence-electron chi connectivity index (χ1n) is 4.85. The highest BCUT2D eigenvalue weighted by Gasteiger charge is 2.18. The van der Waals surface area contributed by atoms with Crippen LogP contribution in [0.15, 0.2) is 10.8 Å². The van der Waals surface area contributed by atoms with E-state index < -0.39 is 0 Å². The molecule has 0 fully saturated rings. The van der Waals surface area contributed by atoms with Gasteiger partial charge in [0, 0.05) is 16.2 Å². The van der Waals surface area contributed by atoms with Crippen LogP contribution in [0.25, 0.3) is 10.7 Å². The first-order valence-corrected chi connectivity index (χ1v) is 6.61. The molecule has 2 aromatic rings. The molecule has 0 aliphatic heterocycles. The van der Waals surface area contributed by atoms with Gasteiger partial charge in [-0.15, -0.1) is 22.7 Å². The minimum absolute atomic E-state index is 0.125. The lowest BCUT2D eigenvalue weighted by atomic mass is 9.93. The second kappa shape index (κ2) is 3.68. The van der Waals surface area contributed by atoms with Gasteiger partial charge in [-0.25, -0.2) is 9.97 Å². The van der Waals surface area contributed by atoms with Crippen molar-refractivity contribution >= 4 is 22.7 Å². The Hall–Kier alpha value is -0.740. The lowest BCUT2D eigenvalue weighted by molar-refractivity contribution is 0.573. The van der Waals surface area contributed by atoms with Crippen molar-refractivity contribution in [3.63, 3.8) is 0 Å². The van der Waals surface area contributed by atoms with E-state index in [1.165, 1.54) is 0 Å². The quantitative estimate of drug-likeness (QED) is 0.753. The smallest absolute Gasteiger partial charge is 0.143 e. The number of hydrogen-bond donors (Lipinski definition) is 0. The minimum Gasteiger partial charge on any atom is -0.239 e. The summed E-state index contributed by atoms with van der Waals surface area (Å²) in [5.41, 5.74) is 2.28. The lowest BCUT2D eigenvalue weighted by Crippen LogP contribution is -2.11. The van der Waals surface area contributed by atoms with E-state index in [0.29, 0.717) is 0 Å². The van der Waals surface area contributed by atoms with Crippen molar-refractivity contribution < 1.29 is 0 Å². The average molecular weight is 238 g/mol. The molecule has 0 unspecified atom stereocenters. The van der Waals surface area contributed by atoms with Gasteiger partial charge in [0.1, 0.15) is 10.7 Å². The van der Waals surface area contributed by atoms with Crippen molar-refractivity contribution in [1.82, 2.24) is 9.97 Å². The Labute approximate surface area is 98.0 Å². The molecular weight excluding hydrogens is 224 g/mol. The third-order valence-corrected chi connectivity index (χ3v) is 3.75. The molecule has 4 heteroatoms. The molecule has 0 saturated heterocycles. The summed E-state index contributed by atoms with van der Waals surface area (Å²) in [5, 5.41) is 6.33. The van der Waals surface area contributed by atoms with E-state index in [1.54, 1.807) is 22.7 Å². The predicted molar refractivity (Wildman–Crippen MR) is 66.7 cm³/mol. The molecule has 15 heavy (non-hydrogen) atoms. The van der Waals surface area contributed by atoms with Crippen LogP contribution in [-0.4, -0.2) is 9.97 Å². The van der Waals surface area contributed by atoms with Crippen LogP contribution in [-0.2, 0) is 5.41 Å². The Balaban J connectivity index is 2.36. The molecule has 0 amide bonds. The molecule has 2 heterocycles. The number of aromatic nitrogens is 2. The zero-order valence-corrected chi connectivity index (χ0v) is 11.0. The highest BCUT2D eigenvalue weighted by atomic mass is 32.1. The van der Waals surface area contributed by atoms with Crippen LogP contribution in [0, 0.1) is 6.92 Å². The van der Waals surface area contributed by atoms with Gasteiger partial charge in [-0.2, -0.15) is 0 Å². The Morgan fingerprint density at radius 3 is 2.27 bits per heavy atom. The molecule has 80 valence electrons. The Morgan fingerprint density at radius 1 is 1.07 bits per heavy atom. The van der Waals surface area contributed by atoms with Crippen LogP contribution in [0.1, 0.15) is 31.5 Å².